The van der Waals surface area contributed by atoms with Crippen molar-refractivity contribution in [3.63, 3.8) is 0 Å². The van der Waals surface area contributed by atoms with Crippen LogP contribution in [0.1, 0.15) is 40.7 Å². The van der Waals surface area contributed by atoms with E-state index in [-0.39, 0.29) is 33.1 Å². The Bertz CT molecular complexity index is 1740. The van der Waals surface area contributed by atoms with Crippen LogP contribution in [0.25, 0.3) is 21.9 Å². The van der Waals surface area contributed by atoms with Crippen LogP contribution in [0.15, 0.2) is 67.0 Å². The molecule has 0 saturated carbocycles. The van der Waals surface area contributed by atoms with Crippen molar-refractivity contribution in [3.8, 4) is 17.2 Å². The van der Waals surface area contributed by atoms with Gasteiger partial charge in [0, 0.05) is 10.0 Å². The molecule has 0 fully saturated rings. The van der Waals surface area contributed by atoms with Crippen molar-refractivity contribution in [2.75, 3.05) is 6.61 Å². The van der Waals surface area contributed by atoms with Crippen LogP contribution in [-0.2, 0) is 0 Å². The number of hydrogen-bond donors (Lipinski definition) is 2. The van der Waals surface area contributed by atoms with E-state index >= 15 is 0 Å². The molecule has 3 aromatic carbocycles. The highest BCUT2D eigenvalue weighted by Crippen LogP contribution is 2.43. The Morgan fingerprint density at radius 1 is 0.816 bits per heavy atom. The molecule has 0 aliphatic heterocycles. The summed E-state index contributed by atoms with van der Waals surface area (Å²) < 4.78 is 16.8. The smallest absolute Gasteiger partial charge is 0.344 e. The van der Waals surface area contributed by atoms with Gasteiger partial charge in [-0.25, -0.2) is 9.59 Å². The van der Waals surface area contributed by atoms with Crippen molar-refractivity contribution in [2.45, 2.75) is 26.7 Å². The first-order valence-electron chi connectivity index (χ1n) is 11.7. The maximum Gasteiger partial charge on any atom is 0.344 e. The molecular formula is C29H22Cl2O7. The zero-order valence-electron chi connectivity index (χ0n) is 20.6. The summed E-state index contributed by atoms with van der Waals surface area (Å²) in [5.41, 5.74) is -0.428. The molecule has 0 bridgehead atoms. The molecule has 0 amide bonds. The lowest BCUT2D eigenvalue weighted by molar-refractivity contribution is 0.339. The molecule has 0 radical (unpaired) electrons. The zero-order valence-corrected chi connectivity index (χ0v) is 22.1. The van der Waals surface area contributed by atoms with Crippen LogP contribution in [0.3, 0.4) is 0 Å². The van der Waals surface area contributed by atoms with Crippen LogP contribution in [0.5, 0.6) is 17.2 Å². The Morgan fingerprint density at radius 2 is 1.32 bits per heavy atom. The highest BCUT2D eigenvalue weighted by Gasteiger charge is 2.33. The van der Waals surface area contributed by atoms with E-state index in [1.807, 2.05) is 6.92 Å². The quantitative estimate of drug-likeness (QED) is 0.230. The molecule has 0 aliphatic rings. The molecule has 0 atom stereocenters. The molecule has 0 spiro atoms. The Morgan fingerprint density at radius 3 is 1.79 bits per heavy atom. The third-order valence-corrected chi connectivity index (χ3v) is 7.28. The van der Waals surface area contributed by atoms with Crippen molar-refractivity contribution < 1.29 is 23.8 Å². The number of aryl methyl sites for hydroxylation is 2. The highest BCUT2D eigenvalue weighted by atomic mass is 35.5. The second-order valence-corrected chi connectivity index (χ2v) is 9.75. The van der Waals surface area contributed by atoms with Gasteiger partial charge in [-0.15, -0.1) is 0 Å². The van der Waals surface area contributed by atoms with E-state index in [0.29, 0.717) is 39.1 Å². The van der Waals surface area contributed by atoms with Crippen molar-refractivity contribution in [1.29, 1.82) is 0 Å². The van der Waals surface area contributed by atoms with Gasteiger partial charge in [-0.3, -0.25) is 0 Å². The Balaban J connectivity index is 1.90. The number of halogens is 2. The van der Waals surface area contributed by atoms with Crippen molar-refractivity contribution in [2.24, 2.45) is 0 Å². The van der Waals surface area contributed by atoms with Crippen LogP contribution in [0, 0.1) is 13.8 Å². The monoisotopic (exact) mass is 552 g/mol. The number of hydrogen-bond acceptors (Lipinski definition) is 7. The Labute approximate surface area is 226 Å². The average Bonchev–Trinajstić information content (AvgIpc) is 2.86. The number of ether oxygens (including phenoxy) is 1. The van der Waals surface area contributed by atoms with Gasteiger partial charge in [-0.1, -0.05) is 35.3 Å². The first-order valence-corrected chi connectivity index (χ1v) is 12.5. The van der Waals surface area contributed by atoms with Crippen molar-refractivity contribution >= 4 is 45.1 Å². The molecule has 0 unspecified atom stereocenters. The molecule has 5 aromatic rings. The summed E-state index contributed by atoms with van der Waals surface area (Å²) >= 11 is 12.6. The van der Waals surface area contributed by atoms with E-state index in [0.717, 1.165) is 0 Å². The number of benzene rings is 3. The Hall–Kier alpha value is -3.94. The average molecular weight is 553 g/mol. The topological polar surface area (TPSA) is 110 Å². The summed E-state index contributed by atoms with van der Waals surface area (Å²) in [5, 5.41) is 23.8. The van der Waals surface area contributed by atoms with Gasteiger partial charge >= 0.3 is 11.3 Å². The minimum Gasteiger partial charge on any atom is -0.507 e. The normalized spacial score (nSPS) is 11.5. The predicted molar refractivity (Wildman–Crippen MR) is 146 cm³/mol. The molecule has 0 saturated heterocycles. The molecule has 38 heavy (non-hydrogen) atoms. The fraction of sp³-hybridized carbons (Fsp3) is 0.172. The summed E-state index contributed by atoms with van der Waals surface area (Å²) in [5.74, 6) is -1.71. The summed E-state index contributed by atoms with van der Waals surface area (Å²) in [6.45, 7) is 5.66. The fourth-order valence-corrected chi connectivity index (χ4v) is 4.91. The first-order chi connectivity index (χ1) is 18.1. The second-order valence-electron chi connectivity index (χ2n) is 8.94. The molecular weight excluding hydrogens is 531 g/mol. The van der Waals surface area contributed by atoms with Gasteiger partial charge in [0.25, 0.3) is 0 Å². The van der Waals surface area contributed by atoms with Gasteiger partial charge in [-0.2, -0.15) is 0 Å². The van der Waals surface area contributed by atoms with Gasteiger partial charge in [-0.05, 0) is 73.9 Å². The second kappa shape index (κ2) is 9.74. The third-order valence-electron chi connectivity index (χ3n) is 6.47. The number of fused-ring (bicyclic) bond motifs is 2. The van der Waals surface area contributed by atoms with Crippen LogP contribution < -0.4 is 16.0 Å². The van der Waals surface area contributed by atoms with E-state index in [9.17, 15) is 19.8 Å². The largest absolute Gasteiger partial charge is 0.507 e. The molecule has 7 nitrogen and oxygen atoms in total. The lowest BCUT2D eigenvalue weighted by Crippen LogP contribution is -2.21. The van der Waals surface area contributed by atoms with E-state index in [2.05, 4.69) is 0 Å². The minimum atomic E-state index is -1.29. The van der Waals surface area contributed by atoms with Crippen molar-refractivity contribution in [3.05, 3.63) is 107 Å². The van der Waals surface area contributed by atoms with Crippen LogP contribution in [-0.4, -0.2) is 16.8 Å². The molecule has 5 rings (SSSR count). The van der Waals surface area contributed by atoms with E-state index in [4.69, 9.17) is 36.8 Å². The van der Waals surface area contributed by atoms with Gasteiger partial charge in [0.15, 0.2) is 0 Å². The lowest BCUT2D eigenvalue weighted by atomic mass is 9.84. The van der Waals surface area contributed by atoms with Crippen molar-refractivity contribution in [1.82, 2.24) is 0 Å². The fourth-order valence-electron chi connectivity index (χ4n) is 4.58. The SMILES string of the molecule is CCOc1cccc(C(c2c(O)c3cc(Cl)c(C)cc3oc2=O)c2c(O)c3cc(Cl)c(C)cc3oc2=O)c1. The zero-order chi connectivity index (χ0) is 27.3. The highest BCUT2D eigenvalue weighted by molar-refractivity contribution is 6.32. The first kappa shape index (κ1) is 25.7. The van der Waals surface area contributed by atoms with Crippen LogP contribution in [0.2, 0.25) is 10.0 Å². The molecule has 194 valence electrons. The van der Waals surface area contributed by atoms with Crippen LogP contribution in [0.4, 0.5) is 0 Å². The lowest BCUT2D eigenvalue weighted by Gasteiger charge is -2.20. The van der Waals surface area contributed by atoms with E-state index in [1.54, 1.807) is 50.2 Å². The molecule has 2 heterocycles. The molecule has 9 heteroatoms. The maximum atomic E-state index is 13.4. The summed E-state index contributed by atoms with van der Waals surface area (Å²) in [6.07, 6.45) is 0. The minimum absolute atomic E-state index is 0.122. The predicted octanol–water partition coefficient (Wildman–Crippen LogP) is 6.81. The molecule has 2 N–H and O–H groups in total. The molecule has 2 aromatic heterocycles. The van der Waals surface area contributed by atoms with E-state index in [1.165, 1.54) is 12.1 Å². The van der Waals surface area contributed by atoms with E-state index < -0.39 is 28.7 Å². The number of aromatic hydroxyl groups is 2. The maximum absolute atomic E-state index is 13.4. The Kier molecular flexibility index (Phi) is 6.59. The number of rotatable bonds is 5. The summed E-state index contributed by atoms with van der Waals surface area (Å²) in [6, 6.07) is 12.7. The van der Waals surface area contributed by atoms with Gasteiger partial charge in [0.05, 0.1) is 34.4 Å². The summed E-state index contributed by atoms with van der Waals surface area (Å²) in [7, 11) is 0. The standard InChI is InChI=1S/C29H22Cl2O7/c1-4-36-16-7-5-6-15(10-16)23(24-26(32)17-11-19(30)13(2)8-21(17)37-28(24)34)25-27(33)18-12-20(31)14(3)9-22(18)38-29(25)35/h5-12,23,32-33H,4H2,1-3H3. The van der Waals surface area contributed by atoms with Gasteiger partial charge < -0.3 is 23.8 Å². The molecule has 0 aliphatic carbocycles. The third kappa shape index (κ3) is 4.27. The van der Waals surface area contributed by atoms with Gasteiger partial charge in [0.2, 0.25) is 0 Å². The van der Waals surface area contributed by atoms with Crippen LogP contribution >= 0.6 is 23.2 Å². The summed E-state index contributed by atoms with van der Waals surface area (Å²) in [4.78, 5) is 26.8. The van der Waals surface area contributed by atoms with Gasteiger partial charge in [0.1, 0.15) is 28.4 Å².